The molecule has 2 heterocycles. The van der Waals surface area contributed by atoms with Gasteiger partial charge in [-0.2, -0.15) is 0 Å². The number of methoxy groups -OCH3 is 3. The standard InChI is InChI=1S/C26H24BrIN2O7S/c1-6-37-25(33)20-12(2)29-26-30(21(20)13-8-17(34-3)23(36-5)18(9-13)35-4)24(32)19(38-26)10-14-7-15(27)11-16(28)22(14)31/h7-11,21,31H,6H2,1-5H3/b19-10+/t21-/m0/s1. The first kappa shape index (κ1) is 28.2. The number of nitrogens with zero attached hydrogens (tertiary/aromatic N) is 2. The SMILES string of the molecule is CCOC(=O)C1=C(C)N=c2s/c(=C/c3cc(Br)cc(I)c3O)c(=O)n2[C@H]1c1cc(OC)c(OC)c(OC)c1. The van der Waals surface area contributed by atoms with Crippen molar-refractivity contribution in [3.8, 4) is 23.0 Å². The first-order chi connectivity index (χ1) is 18.1. The Hall–Kier alpha value is -2.84. The van der Waals surface area contributed by atoms with Crippen LogP contribution in [-0.4, -0.2) is 43.6 Å². The van der Waals surface area contributed by atoms with Crippen molar-refractivity contribution in [3.63, 3.8) is 0 Å². The number of benzene rings is 2. The van der Waals surface area contributed by atoms with Crippen LogP contribution in [0.5, 0.6) is 23.0 Å². The highest BCUT2D eigenvalue weighted by atomic mass is 127. The van der Waals surface area contributed by atoms with Crippen molar-refractivity contribution in [2.75, 3.05) is 27.9 Å². The molecule has 9 nitrogen and oxygen atoms in total. The van der Waals surface area contributed by atoms with Gasteiger partial charge in [0.1, 0.15) is 5.75 Å². The molecule has 38 heavy (non-hydrogen) atoms. The molecule has 200 valence electrons. The maximum Gasteiger partial charge on any atom is 0.338 e. The molecular formula is C26H24BrIN2O7S. The predicted octanol–water partition coefficient (Wildman–Crippen LogP) is 3.90. The summed E-state index contributed by atoms with van der Waals surface area (Å²) < 4.78 is 25.1. The molecule has 0 saturated carbocycles. The number of thiazole rings is 1. The van der Waals surface area contributed by atoms with Crippen molar-refractivity contribution in [1.82, 2.24) is 4.57 Å². The number of carbonyl (C=O) groups is 1. The maximum atomic E-state index is 13.9. The molecule has 2 aromatic carbocycles. The van der Waals surface area contributed by atoms with Gasteiger partial charge in [0, 0.05) is 10.0 Å². The molecule has 12 heteroatoms. The number of phenols is 1. The second-order valence-electron chi connectivity index (χ2n) is 8.09. The molecule has 0 spiro atoms. The van der Waals surface area contributed by atoms with Crippen LogP contribution < -0.4 is 29.1 Å². The fourth-order valence-electron chi connectivity index (χ4n) is 4.20. The Bertz CT molecular complexity index is 1620. The second kappa shape index (κ2) is 11.5. The zero-order chi connectivity index (χ0) is 27.7. The van der Waals surface area contributed by atoms with Crippen LogP contribution >= 0.6 is 49.9 Å². The van der Waals surface area contributed by atoms with Crippen LogP contribution in [0.3, 0.4) is 0 Å². The lowest BCUT2D eigenvalue weighted by atomic mass is 9.95. The Labute approximate surface area is 244 Å². The summed E-state index contributed by atoms with van der Waals surface area (Å²) in [5.74, 6) is 0.598. The quantitative estimate of drug-likeness (QED) is 0.292. The van der Waals surface area contributed by atoms with Crippen molar-refractivity contribution < 1.29 is 28.8 Å². The van der Waals surface area contributed by atoms with E-state index in [2.05, 4.69) is 20.9 Å². The second-order valence-corrected chi connectivity index (χ2v) is 11.2. The smallest absolute Gasteiger partial charge is 0.338 e. The lowest BCUT2D eigenvalue weighted by Gasteiger charge is -2.26. The summed E-state index contributed by atoms with van der Waals surface area (Å²) in [6, 6.07) is 6.01. The lowest BCUT2D eigenvalue weighted by molar-refractivity contribution is -0.139. The van der Waals surface area contributed by atoms with Gasteiger partial charge in [0.25, 0.3) is 5.56 Å². The molecule has 1 aliphatic heterocycles. The molecular weight excluding hydrogens is 691 g/mol. The van der Waals surface area contributed by atoms with Crippen molar-refractivity contribution in [1.29, 1.82) is 0 Å². The van der Waals surface area contributed by atoms with Gasteiger partial charge in [0.05, 0.1) is 53.4 Å². The van der Waals surface area contributed by atoms with Crippen LogP contribution in [0.1, 0.15) is 31.0 Å². The number of hydrogen-bond acceptors (Lipinski definition) is 9. The van der Waals surface area contributed by atoms with Gasteiger partial charge in [0.2, 0.25) is 5.75 Å². The molecule has 0 saturated heterocycles. The number of aromatic hydroxyl groups is 1. The fraction of sp³-hybridized carbons (Fsp3) is 0.269. The minimum absolute atomic E-state index is 0.0595. The van der Waals surface area contributed by atoms with Crippen molar-refractivity contribution in [3.05, 3.63) is 74.4 Å². The lowest BCUT2D eigenvalue weighted by Crippen LogP contribution is -2.40. The third kappa shape index (κ3) is 5.08. The first-order valence-electron chi connectivity index (χ1n) is 11.3. The number of ether oxygens (including phenoxy) is 4. The highest BCUT2D eigenvalue weighted by Gasteiger charge is 2.34. The average Bonchev–Trinajstić information content (AvgIpc) is 3.19. The van der Waals surface area contributed by atoms with E-state index in [1.807, 2.05) is 22.6 Å². The van der Waals surface area contributed by atoms with E-state index in [1.54, 1.807) is 44.2 Å². The Kier molecular flexibility index (Phi) is 8.52. The average molecular weight is 715 g/mol. The topological polar surface area (TPSA) is 109 Å². The fourth-order valence-corrected chi connectivity index (χ4v) is 6.79. The number of phenolic OH excluding ortho intramolecular Hbond substituents is 1. The van der Waals surface area contributed by atoms with E-state index >= 15 is 0 Å². The van der Waals surface area contributed by atoms with Gasteiger partial charge < -0.3 is 24.1 Å². The molecule has 0 unspecified atom stereocenters. The van der Waals surface area contributed by atoms with Gasteiger partial charge in [-0.15, -0.1) is 0 Å². The highest BCUT2D eigenvalue weighted by Crippen LogP contribution is 2.42. The number of allylic oxidation sites excluding steroid dienone is 1. The van der Waals surface area contributed by atoms with E-state index < -0.39 is 12.0 Å². The number of aromatic nitrogens is 1. The van der Waals surface area contributed by atoms with E-state index in [-0.39, 0.29) is 23.5 Å². The number of esters is 1. The summed E-state index contributed by atoms with van der Waals surface area (Å²) in [6.07, 6.45) is 1.61. The molecule has 1 aromatic heterocycles. The van der Waals surface area contributed by atoms with Crippen LogP contribution in [0.4, 0.5) is 0 Å². The van der Waals surface area contributed by atoms with Crippen molar-refractivity contribution in [2.45, 2.75) is 19.9 Å². The minimum atomic E-state index is -0.877. The monoisotopic (exact) mass is 714 g/mol. The summed E-state index contributed by atoms with van der Waals surface area (Å²) >= 11 is 6.62. The van der Waals surface area contributed by atoms with Crippen LogP contribution in [0.2, 0.25) is 0 Å². The van der Waals surface area contributed by atoms with Crippen LogP contribution in [0.25, 0.3) is 6.08 Å². The molecule has 0 radical (unpaired) electrons. The zero-order valence-electron chi connectivity index (χ0n) is 21.1. The number of fused-ring (bicyclic) bond motifs is 1. The minimum Gasteiger partial charge on any atom is -0.506 e. The Balaban J connectivity index is 2.04. The molecule has 1 aliphatic rings. The maximum absolute atomic E-state index is 13.9. The Morgan fingerprint density at radius 1 is 1.18 bits per heavy atom. The molecule has 0 fully saturated rings. The first-order valence-corrected chi connectivity index (χ1v) is 14.0. The molecule has 0 bridgehead atoms. The van der Waals surface area contributed by atoms with E-state index in [1.165, 1.54) is 25.9 Å². The van der Waals surface area contributed by atoms with E-state index in [0.717, 1.165) is 15.8 Å². The van der Waals surface area contributed by atoms with E-state index in [9.17, 15) is 14.7 Å². The third-order valence-corrected chi connectivity index (χ3v) is 8.13. The molecule has 0 amide bonds. The third-order valence-electron chi connectivity index (χ3n) is 5.86. The van der Waals surface area contributed by atoms with Gasteiger partial charge in [-0.3, -0.25) is 9.36 Å². The van der Waals surface area contributed by atoms with Crippen LogP contribution in [-0.2, 0) is 9.53 Å². The molecule has 1 atom stereocenters. The number of halogens is 2. The van der Waals surface area contributed by atoms with Gasteiger partial charge in [0.15, 0.2) is 16.3 Å². The highest BCUT2D eigenvalue weighted by molar-refractivity contribution is 14.1. The molecule has 3 aromatic rings. The predicted molar refractivity (Wildman–Crippen MR) is 155 cm³/mol. The van der Waals surface area contributed by atoms with Gasteiger partial charge in [-0.1, -0.05) is 27.3 Å². The summed E-state index contributed by atoms with van der Waals surface area (Å²) in [5.41, 5.74) is 1.29. The van der Waals surface area contributed by atoms with E-state index in [4.69, 9.17) is 18.9 Å². The van der Waals surface area contributed by atoms with Crippen molar-refractivity contribution >= 4 is 61.9 Å². The number of carbonyl (C=O) groups excluding carboxylic acids is 1. The number of rotatable bonds is 7. The Morgan fingerprint density at radius 3 is 2.42 bits per heavy atom. The largest absolute Gasteiger partial charge is 0.506 e. The normalized spacial score (nSPS) is 15.1. The summed E-state index contributed by atoms with van der Waals surface area (Å²) in [4.78, 5) is 32.0. The van der Waals surface area contributed by atoms with Gasteiger partial charge >= 0.3 is 5.97 Å². The van der Waals surface area contributed by atoms with E-state index in [0.29, 0.717) is 47.0 Å². The van der Waals surface area contributed by atoms with Crippen LogP contribution in [0.15, 0.2) is 49.8 Å². The van der Waals surface area contributed by atoms with Gasteiger partial charge in [-0.25, -0.2) is 9.79 Å². The molecule has 1 N–H and O–H groups in total. The summed E-state index contributed by atoms with van der Waals surface area (Å²) in [7, 11) is 4.48. The summed E-state index contributed by atoms with van der Waals surface area (Å²) in [5, 5.41) is 10.6. The van der Waals surface area contributed by atoms with Gasteiger partial charge in [-0.05, 0) is 72.3 Å². The zero-order valence-corrected chi connectivity index (χ0v) is 25.7. The Morgan fingerprint density at radius 2 is 1.84 bits per heavy atom. The summed E-state index contributed by atoms with van der Waals surface area (Å²) in [6.45, 7) is 3.57. The van der Waals surface area contributed by atoms with Crippen molar-refractivity contribution in [2.24, 2.45) is 4.99 Å². The molecule has 4 rings (SSSR count). The van der Waals surface area contributed by atoms with Crippen LogP contribution in [0, 0.1) is 3.57 Å². The number of hydrogen-bond donors (Lipinski definition) is 1. The molecule has 0 aliphatic carbocycles.